The largest absolute Gasteiger partial charge is 0.477 e. The predicted octanol–water partition coefficient (Wildman–Crippen LogP) is 5.06. The van der Waals surface area contributed by atoms with E-state index in [9.17, 15) is 4.79 Å². The lowest BCUT2D eigenvalue weighted by atomic mass is 9.98. The van der Waals surface area contributed by atoms with Crippen molar-refractivity contribution in [1.29, 1.82) is 0 Å². The third kappa shape index (κ3) is 3.60. The van der Waals surface area contributed by atoms with E-state index < -0.39 is 0 Å². The van der Waals surface area contributed by atoms with E-state index in [1.54, 1.807) is 6.07 Å². The number of fused-ring (bicyclic) bond motifs is 2. The molecule has 0 radical (unpaired) electrons. The summed E-state index contributed by atoms with van der Waals surface area (Å²) in [5, 5.41) is 1.76. The molecule has 0 atom stereocenters. The molecule has 1 aliphatic rings. The molecule has 0 bridgehead atoms. The first-order valence-electron chi connectivity index (χ1n) is 9.24. The minimum Gasteiger partial charge on any atom is -0.477 e. The highest BCUT2D eigenvalue weighted by Crippen LogP contribution is 2.36. The number of nitrogens with zero attached hydrogens (tertiary/aromatic N) is 1. The fourth-order valence-electron chi connectivity index (χ4n) is 3.76. The topological polar surface area (TPSA) is 42.7 Å². The summed E-state index contributed by atoms with van der Waals surface area (Å²) in [5.74, 6) is 0.839. The molecule has 0 N–H and O–H groups in total. The summed E-state index contributed by atoms with van der Waals surface area (Å²) < 4.78 is 11.6. The molecule has 4 nitrogen and oxygen atoms in total. The van der Waals surface area contributed by atoms with Crippen molar-refractivity contribution in [2.24, 2.45) is 0 Å². The lowest BCUT2D eigenvalue weighted by molar-refractivity contribution is 0.0881. The first-order valence-corrected chi connectivity index (χ1v) is 9.61. The Morgan fingerprint density at radius 2 is 1.96 bits per heavy atom. The molecule has 0 unspecified atom stereocenters. The van der Waals surface area contributed by atoms with Gasteiger partial charge in [-0.25, -0.2) is 4.79 Å². The Morgan fingerprint density at radius 1 is 1.19 bits per heavy atom. The van der Waals surface area contributed by atoms with Crippen LogP contribution >= 0.6 is 11.6 Å². The lowest BCUT2D eigenvalue weighted by Crippen LogP contribution is -2.32. The molecule has 4 rings (SSSR count). The smallest absolute Gasteiger partial charge is 0.336 e. The first kappa shape index (κ1) is 18.1. The van der Waals surface area contributed by atoms with Crippen LogP contribution < -0.4 is 10.4 Å². The van der Waals surface area contributed by atoms with Gasteiger partial charge in [-0.05, 0) is 42.7 Å². The van der Waals surface area contributed by atoms with Crippen molar-refractivity contribution in [3.05, 3.63) is 74.1 Å². The lowest BCUT2D eigenvalue weighted by Gasteiger charge is -2.30. The van der Waals surface area contributed by atoms with Gasteiger partial charge in [0.2, 0.25) is 0 Å². The highest BCUT2D eigenvalue weighted by molar-refractivity contribution is 6.30. The summed E-state index contributed by atoms with van der Waals surface area (Å²) in [4.78, 5) is 14.2. The van der Waals surface area contributed by atoms with Gasteiger partial charge in [-0.3, -0.25) is 4.90 Å². The number of benzene rings is 2. The highest BCUT2D eigenvalue weighted by atomic mass is 35.5. The molecule has 2 aromatic carbocycles. The summed E-state index contributed by atoms with van der Waals surface area (Å²) in [5.41, 5.74) is 4.63. The maximum absolute atomic E-state index is 12.0. The fourth-order valence-corrected chi connectivity index (χ4v) is 3.88. The van der Waals surface area contributed by atoms with Crippen LogP contribution in [0.2, 0.25) is 5.02 Å². The molecule has 5 heteroatoms. The van der Waals surface area contributed by atoms with Crippen LogP contribution in [0.5, 0.6) is 5.75 Å². The first-order chi connectivity index (χ1) is 13.0. The van der Waals surface area contributed by atoms with Gasteiger partial charge in [-0.2, -0.15) is 0 Å². The van der Waals surface area contributed by atoms with E-state index in [-0.39, 0.29) is 5.63 Å². The molecule has 0 aliphatic carbocycles. The quantitative estimate of drug-likeness (QED) is 0.590. The Balaban J connectivity index is 1.70. The Hall–Kier alpha value is -2.30. The van der Waals surface area contributed by atoms with Crippen LogP contribution in [0.1, 0.15) is 35.6 Å². The number of hydrogen-bond acceptors (Lipinski definition) is 4. The van der Waals surface area contributed by atoms with Crippen molar-refractivity contribution < 1.29 is 9.15 Å². The molecule has 3 aromatic rings. The van der Waals surface area contributed by atoms with Crippen LogP contribution in [0.25, 0.3) is 11.0 Å². The monoisotopic (exact) mass is 383 g/mol. The van der Waals surface area contributed by atoms with Gasteiger partial charge in [0.25, 0.3) is 0 Å². The molecule has 1 aliphatic heterocycles. The second-order valence-electron chi connectivity index (χ2n) is 7.09. The Kier molecular flexibility index (Phi) is 4.94. The second-order valence-corrected chi connectivity index (χ2v) is 7.53. The van der Waals surface area contributed by atoms with Crippen molar-refractivity contribution in [2.45, 2.75) is 39.8 Å². The Labute approximate surface area is 163 Å². The SMILES string of the molecule is CCCc1cc(=O)oc2c(C)c3c(cc12)CN(Cc1ccc(Cl)cc1)CO3. The van der Waals surface area contributed by atoms with Gasteiger partial charge in [0, 0.05) is 40.7 Å². The number of aryl methyl sites for hydroxylation is 2. The van der Waals surface area contributed by atoms with Crippen molar-refractivity contribution >= 4 is 22.6 Å². The van der Waals surface area contributed by atoms with Crippen molar-refractivity contribution in [2.75, 3.05) is 6.73 Å². The molecule has 1 aromatic heterocycles. The Morgan fingerprint density at radius 3 is 2.70 bits per heavy atom. The summed E-state index contributed by atoms with van der Waals surface area (Å²) in [6, 6.07) is 11.6. The zero-order chi connectivity index (χ0) is 19.0. The molecule has 0 saturated carbocycles. The van der Waals surface area contributed by atoms with Crippen LogP contribution in [0.3, 0.4) is 0 Å². The van der Waals surface area contributed by atoms with Gasteiger partial charge in [0.1, 0.15) is 18.1 Å². The minimum atomic E-state index is -0.297. The van der Waals surface area contributed by atoms with Crippen molar-refractivity contribution in [3.63, 3.8) is 0 Å². The van der Waals surface area contributed by atoms with E-state index in [4.69, 9.17) is 20.8 Å². The maximum Gasteiger partial charge on any atom is 0.336 e. The average molecular weight is 384 g/mol. The molecule has 27 heavy (non-hydrogen) atoms. The van der Waals surface area contributed by atoms with E-state index in [2.05, 4.69) is 17.9 Å². The fraction of sp³-hybridized carbons (Fsp3) is 0.318. The van der Waals surface area contributed by atoms with Crippen LogP contribution in [0.4, 0.5) is 0 Å². The third-order valence-corrected chi connectivity index (χ3v) is 5.25. The Bertz CT molecular complexity index is 1040. The molecule has 0 amide bonds. The van der Waals surface area contributed by atoms with Gasteiger partial charge in [-0.1, -0.05) is 37.1 Å². The number of ether oxygens (including phenoxy) is 1. The normalized spacial score (nSPS) is 14.2. The zero-order valence-corrected chi connectivity index (χ0v) is 16.3. The minimum absolute atomic E-state index is 0.297. The van der Waals surface area contributed by atoms with Crippen LogP contribution in [-0.2, 0) is 19.5 Å². The summed E-state index contributed by atoms with van der Waals surface area (Å²) in [6.45, 7) is 6.16. The molecule has 2 heterocycles. The predicted molar refractivity (Wildman–Crippen MR) is 107 cm³/mol. The van der Waals surface area contributed by atoms with Gasteiger partial charge in [-0.15, -0.1) is 0 Å². The number of rotatable bonds is 4. The van der Waals surface area contributed by atoms with Gasteiger partial charge < -0.3 is 9.15 Å². The van der Waals surface area contributed by atoms with Crippen molar-refractivity contribution in [1.82, 2.24) is 4.90 Å². The van der Waals surface area contributed by atoms with E-state index in [1.807, 2.05) is 31.2 Å². The van der Waals surface area contributed by atoms with E-state index in [0.29, 0.717) is 12.3 Å². The van der Waals surface area contributed by atoms with Crippen LogP contribution in [-0.4, -0.2) is 11.6 Å². The summed E-state index contributed by atoms with van der Waals surface area (Å²) >= 11 is 5.98. The van der Waals surface area contributed by atoms with Gasteiger partial charge >= 0.3 is 5.63 Å². The van der Waals surface area contributed by atoms with Crippen LogP contribution in [0.15, 0.2) is 45.6 Å². The molecule has 140 valence electrons. The van der Waals surface area contributed by atoms with E-state index in [1.165, 1.54) is 5.56 Å². The summed E-state index contributed by atoms with van der Waals surface area (Å²) in [7, 11) is 0. The van der Waals surface area contributed by atoms with Crippen molar-refractivity contribution in [3.8, 4) is 5.75 Å². The van der Waals surface area contributed by atoms with Gasteiger partial charge in [0.05, 0.1) is 0 Å². The van der Waals surface area contributed by atoms with E-state index in [0.717, 1.165) is 58.8 Å². The molecule has 0 fully saturated rings. The second kappa shape index (κ2) is 7.37. The van der Waals surface area contributed by atoms with E-state index >= 15 is 0 Å². The third-order valence-electron chi connectivity index (χ3n) is 5.00. The van der Waals surface area contributed by atoms with Gasteiger partial charge in [0.15, 0.2) is 0 Å². The highest BCUT2D eigenvalue weighted by Gasteiger charge is 2.23. The zero-order valence-electron chi connectivity index (χ0n) is 15.5. The number of hydrogen-bond donors (Lipinski definition) is 0. The standard InChI is InChI=1S/C22H22ClNO3/c1-3-4-16-10-20(25)27-22-14(2)21-17(9-19(16)22)12-24(13-26-21)11-15-5-7-18(23)8-6-15/h5-10H,3-4,11-13H2,1-2H3. The number of halogens is 1. The molecular weight excluding hydrogens is 362 g/mol. The molecular formula is C22H22ClNO3. The molecule has 0 saturated heterocycles. The summed E-state index contributed by atoms with van der Waals surface area (Å²) in [6.07, 6.45) is 1.84. The van der Waals surface area contributed by atoms with Crippen LogP contribution in [0, 0.1) is 6.92 Å². The molecule has 0 spiro atoms. The maximum atomic E-state index is 12.0. The average Bonchev–Trinajstić information content (AvgIpc) is 2.65.